The highest BCUT2D eigenvalue weighted by Crippen LogP contribution is 2.36. The minimum absolute atomic E-state index is 0.186. The summed E-state index contributed by atoms with van der Waals surface area (Å²) in [6.45, 7) is 5.97. The van der Waals surface area contributed by atoms with Crippen LogP contribution in [0.25, 0.3) is 16.9 Å². The van der Waals surface area contributed by atoms with Gasteiger partial charge in [0.2, 0.25) is 0 Å². The third kappa shape index (κ3) is 3.19. The van der Waals surface area contributed by atoms with Crippen LogP contribution in [0.4, 0.5) is 5.69 Å². The lowest BCUT2D eigenvalue weighted by Crippen LogP contribution is -2.26. The average molecular weight is 351 g/mol. The number of hydrogen-bond donors (Lipinski definition) is 1. The maximum absolute atomic E-state index is 11.8. The third-order valence-corrected chi connectivity index (χ3v) is 5.21. The Morgan fingerprint density at radius 3 is 2.42 bits per heavy atom. The molecule has 1 aliphatic rings. The zero-order valence-corrected chi connectivity index (χ0v) is 15.7. The van der Waals surface area contributed by atoms with Crippen LogP contribution >= 0.6 is 0 Å². The predicted molar refractivity (Wildman–Crippen MR) is 104 cm³/mol. The number of rotatable bonds is 4. The summed E-state index contributed by atoms with van der Waals surface area (Å²) in [7, 11) is 1.41. The number of methoxy groups -OCH3 is 1. The molecule has 0 aliphatic carbocycles. The van der Waals surface area contributed by atoms with E-state index in [0.29, 0.717) is 6.42 Å². The Bertz CT molecular complexity index is 870. The normalized spacial score (nSPS) is 17.4. The van der Waals surface area contributed by atoms with Crippen LogP contribution in [0.1, 0.15) is 30.0 Å². The van der Waals surface area contributed by atoms with Crippen LogP contribution in [-0.4, -0.2) is 19.2 Å². The second-order valence-electron chi connectivity index (χ2n) is 6.77. The first-order chi connectivity index (χ1) is 12.4. The Hall–Kier alpha value is -2.75. The van der Waals surface area contributed by atoms with E-state index in [-0.39, 0.29) is 18.0 Å². The molecule has 1 aliphatic heterocycles. The summed E-state index contributed by atoms with van der Waals surface area (Å²) in [6, 6.07) is 12.2. The molecule has 4 nitrogen and oxygen atoms in total. The average Bonchev–Trinajstić information content (AvgIpc) is 3.13. The molecule has 0 saturated heterocycles. The van der Waals surface area contributed by atoms with Gasteiger partial charge in [-0.3, -0.25) is 4.79 Å². The van der Waals surface area contributed by atoms with Crippen LogP contribution in [0.5, 0.6) is 0 Å². The Balaban J connectivity index is 1.92. The number of benzene rings is 2. The van der Waals surface area contributed by atoms with Crippen molar-refractivity contribution in [1.29, 1.82) is 0 Å². The highest BCUT2D eigenvalue weighted by molar-refractivity contribution is 5.80. The van der Waals surface area contributed by atoms with Gasteiger partial charge in [0.15, 0.2) is 0 Å². The van der Waals surface area contributed by atoms with Crippen molar-refractivity contribution in [2.75, 3.05) is 12.8 Å². The molecular weight excluding hydrogens is 326 g/mol. The van der Waals surface area contributed by atoms with Crippen LogP contribution in [0, 0.1) is 19.8 Å². The number of hydrogen-bond acceptors (Lipinski definition) is 4. The summed E-state index contributed by atoms with van der Waals surface area (Å²) in [4.78, 5) is 11.8. The summed E-state index contributed by atoms with van der Waals surface area (Å²) in [6.07, 6.45) is 2.57. The molecule has 0 radical (unpaired) electrons. The van der Waals surface area contributed by atoms with Gasteiger partial charge in [-0.2, -0.15) is 0 Å². The molecule has 136 valence electrons. The van der Waals surface area contributed by atoms with Gasteiger partial charge >= 0.3 is 5.97 Å². The number of nitrogens with two attached hydrogens (primary N) is 1. The first kappa shape index (κ1) is 18.1. The molecule has 2 aromatic carbocycles. The van der Waals surface area contributed by atoms with Crippen molar-refractivity contribution in [2.45, 2.75) is 33.3 Å². The number of carbonyl (C=O) groups is 1. The Morgan fingerprint density at radius 1 is 1.12 bits per heavy atom. The van der Waals surface area contributed by atoms with E-state index in [2.05, 4.69) is 31.2 Å². The highest BCUT2D eigenvalue weighted by atomic mass is 16.5. The summed E-state index contributed by atoms with van der Waals surface area (Å²) >= 11 is 0. The summed E-state index contributed by atoms with van der Waals surface area (Å²) in [5.41, 5.74) is 12.4. The molecule has 1 unspecified atom stereocenters. The Labute approximate surface area is 154 Å². The van der Waals surface area contributed by atoms with Crippen molar-refractivity contribution in [3.05, 3.63) is 59.2 Å². The van der Waals surface area contributed by atoms with Crippen LogP contribution in [-0.2, 0) is 14.3 Å². The van der Waals surface area contributed by atoms with Gasteiger partial charge in [0.1, 0.15) is 11.9 Å². The fourth-order valence-electron chi connectivity index (χ4n) is 3.44. The molecule has 1 heterocycles. The molecule has 0 aromatic heterocycles. The lowest BCUT2D eigenvalue weighted by molar-refractivity contribution is -0.148. The lowest BCUT2D eigenvalue weighted by atomic mass is 9.92. The Morgan fingerprint density at radius 2 is 1.73 bits per heavy atom. The van der Waals surface area contributed by atoms with E-state index in [1.54, 1.807) is 0 Å². The molecule has 0 amide bonds. The van der Waals surface area contributed by atoms with Gasteiger partial charge in [0.25, 0.3) is 0 Å². The molecule has 0 fully saturated rings. The minimum Gasteiger partial charge on any atom is -0.489 e. The van der Waals surface area contributed by atoms with Crippen LogP contribution in [0.3, 0.4) is 0 Å². The number of ether oxygens (including phenoxy) is 2. The van der Waals surface area contributed by atoms with E-state index < -0.39 is 0 Å². The van der Waals surface area contributed by atoms with E-state index in [1.807, 2.05) is 32.0 Å². The van der Waals surface area contributed by atoms with Crippen LogP contribution < -0.4 is 5.73 Å². The standard InChI is InChI=1S/C22H25NO3/c1-13-16(17-8-6-10-19(23)14(17)2)7-5-9-18(13)21-12-11-20(26-21)15(3)22(24)25-4/h5-10,12,15,20H,11,23H2,1-4H3/t15-,20?/m0/s1. The molecule has 0 spiro atoms. The second kappa shape index (κ2) is 7.24. The monoisotopic (exact) mass is 351 g/mol. The van der Waals surface area contributed by atoms with E-state index in [1.165, 1.54) is 7.11 Å². The molecule has 2 N–H and O–H groups in total. The first-order valence-corrected chi connectivity index (χ1v) is 8.84. The minimum atomic E-state index is -0.298. The van der Waals surface area contributed by atoms with Crippen LogP contribution in [0.15, 0.2) is 42.5 Å². The molecule has 2 aromatic rings. The van der Waals surface area contributed by atoms with Gasteiger partial charge < -0.3 is 15.2 Å². The smallest absolute Gasteiger partial charge is 0.312 e. The maximum atomic E-state index is 11.8. The number of esters is 1. The molecule has 26 heavy (non-hydrogen) atoms. The molecule has 0 saturated carbocycles. The maximum Gasteiger partial charge on any atom is 0.312 e. The Kier molecular flexibility index (Phi) is 5.03. The van der Waals surface area contributed by atoms with Gasteiger partial charge in [0, 0.05) is 17.7 Å². The van der Waals surface area contributed by atoms with Crippen molar-refractivity contribution in [2.24, 2.45) is 5.92 Å². The molecule has 2 atom stereocenters. The highest BCUT2D eigenvalue weighted by Gasteiger charge is 2.31. The zero-order chi connectivity index (χ0) is 18.8. The van der Waals surface area contributed by atoms with E-state index in [4.69, 9.17) is 15.2 Å². The van der Waals surface area contributed by atoms with E-state index in [9.17, 15) is 4.79 Å². The fraction of sp³-hybridized carbons (Fsp3) is 0.318. The predicted octanol–water partition coefficient (Wildman–Crippen LogP) is 4.49. The largest absolute Gasteiger partial charge is 0.489 e. The van der Waals surface area contributed by atoms with E-state index in [0.717, 1.165) is 39.3 Å². The number of carbonyl (C=O) groups excluding carboxylic acids is 1. The fourth-order valence-corrected chi connectivity index (χ4v) is 3.44. The second-order valence-corrected chi connectivity index (χ2v) is 6.77. The van der Waals surface area contributed by atoms with Gasteiger partial charge in [-0.05, 0) is 55.2 Å². The number of anilines is 1. The van der Waals surface area contributed by atoms with Gasteiger partial charge in [0.05, 0.1) is 13.0 Å². The zero-order valence-electron chi connectivity index (χ0n) is 15.7. The van der Waals surface area contributed by atoms with Gasteiger partial charge in [-0.1, -0.05) is 30.3 Å². The van der Waals surface area contributed by atoms with Crippen LogP contribution in [0.2, 0.25) is 0 Å². The topological polar surface area (TPSA) is 61.5 Å². The van der Waals surface area contributed by atoms with Gasteiger partial charge in [-0.25, -0.2) is 0 Å². The summed E-state index contributed by atoms with van der Waals surface area (Å²) < 4.78 is 10.9. The van der Waals surface area contributed by atoms with Crippen molar-refractivity contribution in [3.8, 4) is 11.1 Å². The van der Waals surface area contributed by atoms with Gasteiger partial charge in [-0.15, -0.1) is 0 Å². The number of nitrogen functional groups attached to an aromatic ring is 1. The SMILES string of the molecule is COC(=O)[C@@H](C)C1CC=C(c2cccc(-c3cccc(N)c3C)c2C)O1. The third-order valence-electron chi connectivity index (χ3n) is 5.21. The van der Waals surface area contributed by atoms with Crippen molar-refractivity contribution in [3.63, 3.8) is 0 Å². The quantitative estimate of drug-likeness (QED) is 0.651. The molecule has 0 bridgehead atoms. The lowest BCUT2D eigenvalue weighted by Gasteiger charge is -2.20. The summed E-state index contributed by atoms with van der Waals surface area (Å²) in [5.74, 6) is 0.283. The molecule has 4 heteroatoms. The van der Waals surface area contributed by atoms with E-state index >= 15 is 0 Å². The summed E-state index contributed by atoms with van der Waals surface area (Å²) in [5, 5.41) is 0. The first-order valence-electron chi connectivity index (χ1n) is 8.84. The molecular formula is C22H25NO3. The van der Waals surface area contributed by atoms with Crippen molar-refractivity contribution in [1.82, 2.24) is 0 Å². The van der Waals surface area contributed by atoms with Crippen molar-refractivity contribution < 1.29 is 14.3 Å². The van der Waals surface area contributed by atoms with Crippen molar-refractivity contribution >= 4 is 17.4 Å². The molecule has 3 rings (SSSR count).